The first-order valence-corrected chi connectivity index (χ1v) is 14.8. The molecule has 2 unspecified atom stereocenters. The van der Waals surface area contributed by atoms with Crippen LogP contribution in [0.5, 0.6) is 0 Å². The number of hydrogen-bond donors (Lipinski definition) is 1. The van der Waals surface area contributed by atoms with Crippen LogP contribution in [0.3, 0.4) is 0 Å². The monoisotopic (exact) mass is 667 g/mol. The van der Waals surface area contributed by atoms with Gasteiger partial charge >= 0.3 is 0 Å². The van der Waals surface area contributed by atoms with Gasteiger partial charge in [0.2, 0.25) is 5.91 Å². The largest absolute Gasteiger partial charge is 0.368 e. The molecule has 6 nitrogen and oxygen atoms in total. The van der Waals surface area contributed by atoms with E-state index in [-0.39, 0.29) is 49.2 Å². The van der Waals surface area contributed by atoms with E-state index in [0.29, 0.717) is 12.5 Å². The van der Waals surface area contributed by atoms with Crippen LogP contribution in [0, 0.1) is 0 Å². The Bertz CT molecular complexity index is 1280. The predicted octanol–water partition coefficient (Wildman–Crippen LogP) is 5.57. The third-order valence-corrected chi connectivity index (χ3v) is 8.50. The van der Waals surface area contributed by atoms with E-state index in [1.54, 1.807) is 0 Å². The van der Waals surface area contributed by atoms with Gasteiger partial charge in [-0.3, -0.25) is 9.69 Å². The Kier molecular flexibility index (Phi) is 15.1. The summed E-state index contributed by atoms with van der Waals surface area (Å²) in [4.78, 5) is 23.1. The summed E-state index contributed by atoms with van der Waals surface area (Å²) >= 11 is 6.17. The molecular formula is C33H45Cl4N5O. The maximum Gasteiger partial charge on any atom is 0.240 e. The minimum Gasteiger partial charge on any atom is -0.368 e. The molecule has 1 fully saturated rings. The van der Waals surface area contributed by atoms with Crippen LogP contribution < -0.4 is 10.2 Å². The fourth-order valence-corrected chi connectivity index (χ4v) is 6.20. The average molecular weight is 670 g/mol. The Labute approximate surface area is 281 Å². The van der Waals surface area contributed by atoms with Gasteiger partial charge in [0.25, 0.3) is 0 Å². The van der Waals surface area contributed by atoms with E-state index in [0.717, 1.165) is 62.8 Å². The number of amides is 1. The molecule has 2 aliphatic heterocycles. The molecule has 0 bridgehead atoms. The van der Waals surface area contributed by atoms with Gasteiger partial charge < -0.3 is 20.0 Å². The van der Waals surface area contributed by atoms with Crippen molar-refractivity contribution in [2.45, 2.75) is 38.0 Å². The van der Waals surface area contributed by atoms with E-state index in [1.807, 2.05) is 24.3 Å². The zero-order valence-corrected chi connectivity index (χ0v) is 28.5. The predicted molar refractivity (Wildman–Crippen MR) is 187 cm³/mol. The number of carbonyl (C=O) groups is 1. The number of likely N-dealkylation sites (N-methyl/N-ethyl adjacent to an activating group) is 1. The Hall–Kier alpha value is -2.03. The molecular weight excluding hydrogens is 624 g/mol. The van der Waals surface area contributed by atoms with E-state index >= 15 is 0 Å². The van der Waals surface area contributed by atoms with E-state index < -0.39 is 0 Å². The number of anilines is 1. The summed E-state index contributed by atoms with van der Waals surface area (Å²) < 4.78 is 0. The second-order valence-corrected chi connectivity index (χ2v) is 12.0. The maximum atomic E-state index is 14.1. The van der Waals surface area contributed by atoms with Crippen LogP contribution in [0.25, 0.3) is 0 Å². The summed E-state index contributed by atoms with van der Waals surface area (Å²) in [6.07, 6.45) is 1.65. The number of nitrogens with zero attached hydrogens (tertiary/aromatic N) is 4. The van der Waals surface area contributed by atoms with Crippen LogP contribution in [0.1, 0.15) is 22.3 Å². The zero-order valence-electron chi connectivity index (χ0n) is 25.2. The Morgan fingerprint density at radius 1 is 0.884 bits per heavy atom. The molecule has 2 aliphatic rings. The van der Waals surface area contributed by atoms with Gasteiger partial charge in [-0.25, -0.2) is 0 Å². The van der Waals surface area contributed by atoms with Gasteiger partial charge in [-0.1, -0.05) is 66.2 Å². The van der Waals surface area contributed by atoms with Crippen LogP contribution in [0.4, 0.5) is 5.69 Å². The molecule has 2 atom stereocenters. The Morgan fingerprint density at radius 2 is 1.51 bits per heavy atom. The van der Waals surface area contributed by atoms with Crippen molar-refractivity contribution in [1.82, 2.24) is 20.0 Å². The number of benzene rings is 3. The van der Waals surface area contributed by atoms with Gasteiger partial charge in [0.1, 0.15) is 0 Å². The highest BCUT2D eigenvalue weighted by Crippen LogP contribution is 2.24. The second kappa shape index (κ2) is 17.5. The number of fused-ring (bicyclic) bond motifs is 1. The van der Waals surface area contributed by atoms with Gasteiger partial charge in [0.05, 0.1) is 6.04 Å². The average Bonchev–Trinajstić information content (AvgIpc) is 2.96. The van der Waals surface area contributed by atoms with Gasteiger partial charge in [-0.15, -0.1) is 37.2 Å². The topological polar surface area (TPSA) is 42.1 Å². The molecule has 3 aromatic carbocycles. The first-order chi connectivity index (χ1) is 19.4. The van der Waals surface area contributed by atoms with Crippen molar-refractivity contribution in [3.8, 4) is 0 Å². The highest BCUT2D eigenvalue weighted by atomic mass is 35.5. The molecule has 2 heterocycles. The van der Waals surface area contributed by atoms with E-state index in [4.69, 9.17) is 11.6 Å². The number of carbonyl (C=O) groups excluding carboxylic acids is 1. The summed E-state index contributed by atoms with van der Waals surface area (Å²) in [7, 11) is 6.31. The van der Waals surface area contributed by atoms with Gasteiger partial charge in [0, 0.05) is 62.6 Å². The van der Waals surface area contributed by atoms with E-state index in [2.05, 4.69) is 94.6 Å². The third kappa shape index (κ3) is 9.73. The summed E-state index contributed by atoms with van der Waals surface area (Å²) in [6, 6.07) is 25.3. The molecule has 1 N–H and O–H groups in total. The fourth-order valence-electron chi connectivity index (χ4n) is 6.07. The molecule has 0 spiro atoms. The zero-order chi connectivity index (χ0) is 28.1. The molecule has 43 heavy (non-hydrogen) atoms. The molecule has 0 radical (unpaired) electrons. The summed E-state index contributed by atoms with van der Waals surface area (Å²) in [6.45, 7) is 5.74. The van der Waals surface area contributed by atoms with Crippen LogP contribution in [0.15, 0.2) is 72.8 Å². The quantitative estimate of drug-likeness (QED) is 0.323. The van der Waals surface area contributed by atoms with Crippen LogP contribution in [-0.2, 0) is 30.7 Å². The molecule has 0 aliphatic carbocycles. The van der Waals surface area contributed by atoms with Gasteiger partial charge in [-0.2, -0.15) is 0 Å². The molecule has 236 valence electrons. The lowest BCUT2D eigenvalue weighted by molar-refractivity contribution is -0.137. The smallest absolute Gasteiger partial charge is 0.240 e. The number of rotatable bonds is 9. The Balaban J connectivity index is 0.00000215. The van der Waals surface area contributed by atoms with Gasteiger partial charge in [-0.05, 0) is 74.4 Å². The molecule has 10 heteroatoms. The SMILES string of the molecule is CN(C)Cc1ccccc1N1CCN(C(=O)C(Cc2ccc(Cl)cc2)N(C)CC2Cc3ccccc3CN2)CC1.Cl.Cl.Cl. The standard InChI is InChI=1S/C33H42ClN5O.3ClH/c1-36(2)23-28-10-6-7-11-31(28)38-16-18-39(19-17-38)33(40)32(20-25-12-14-29(34)15-13-25)37(3)24-30-21-26-8-4-5-9-27(26)22-35-30;;;/h4-15,30,32,35H,16-24H2,1-3H3;3*1H. The third-order valence-electron chi connectivity index (χ3n) is 8.24. The molecule has 3 aromatic rings. The fraction of sp³-hybridized carbons (Fsp3) is 0.424. The number of halogens is 4. The lowest BCUT2D eigenvalue weighted by atomic mass is 9.95. The first kappa shape index (κ1) is 37.2. The second-order valence-electron chi connectivity index (χ2n) is 11.5. The van der Waals surface area contributed by atoms with E-state index in [9.17, 15) is 4.79 Å². The van der Waals surface area contributed by atoms with Crippen molar-refractivity contribution < 1.29 is 4.79 Å². The highest BCUT2D eigenvalue weighted by molar-refractivity contribution is 6.30. The van der Waals surface area contributed by atoms with Crippen molar-refractivity contribution in [2.75, 3.05) is 58.8 Å². The first-order valence-electron chi connectivity index (χ1n) is 14.4. The van der Waals surface area contributed by atoms with Gasteiger partial charge in [0.15, 0.2) is 0 Å². The normalized spacial score (nSPS) is 16.9. The summed E-state index contributed by atoms with van der Waals surface area (Å²) in [5, 5.41) is 4.42. The Morgan fingerprint density at radius 3 is 2.19 bits per heavy atom. The number of nitrogens with one attached hydrogen (secondary N) is 1. The lowest BCUT2D eigenvalue weighted by Crippen LogP contribution is -2.57. The minimum atomic E-state index is -0.229. The molecule has 1 saturated heterocycles. The molecule has 5 rings (SSSR count). The number of para-hydroxylation sites is 1. The molecule has 0 saturated carbocycles. The van der Waals surface area contributed by atoms with Crippen molar-refractivity contribution >= 4 is 60.4 Å². The van der Waals surface area contributed by atoms with Crippen LogP contribution in [0.2, 0.25) is 5.02 Å². The minimum absolute atomic E-state index is 0. The van der Waals surface area contributed by atoms with Crippen molar-refractivity contribution in [3.63, 3.8) is 0 Å². The number of hydrogen-bond acceptors (Lipinski definition) is 5. The van der Waals surface area contributed by atoms with Crippen molar-refractivity contribution in [2.24, 2.45) is 0 Å². The summed E-state index contributed by atoms with van der Waals surface area (Å²) in [5.41, 5.74) is 6.52. The maximum absolute atomic E-state index is 14.1. The van der Waals surface area contributed by atoms with E-state index in [1.165, 1.54) is 22.4 Å². The van der Waals surface area contributed by atoms with Crippen molar-refractivity contribution in [1.29, 1.82) is 0 Å². The molecule has 1 amide bonds. The highest BCUT2D eigenvalue weighted by Gasteiger charge is 2.32. The van der Waals surface area contributed by atoms with Crippen LogP contribution in [-0.4, -0.2) is 86.6 Å². The lowest BCUT2D eigenvalue weighted by Gasteiger charge is -2.40. The summed E-state index contributed by atoms with van der Waals surface area (Å²) in [5.74, 6) is 0.217. The molecule has 0 aromatic heterocycles. The van der Waals surface area contributed by atoms with Crippen LogP contribution >= 0.6 is 48.8 Å². The van der Waals surface area contributed by atoms with Crippen molar-refractivity contribution in [3.05, 3.63) is 100 Å². The number of piperazine rings is 1.